The number of hydrogen-bond acceptors (Lipinski definition) is 3. The molecule has 0 amide bonds. The molecule has 0 spiro atoms. The monoisotopic (exact) mass is 180 g/mol. The molecule has 70 valence electrons. The minimum Gasteiger partial charge on any atom is -0.390 e. The predicted octanol–water partition coefficient (Wildman–Crippen LogP) is -0.00210. The van der Waals surface area contributed by atoms with Gasteiger partial charge in [0.15, 0.2) is 0 Å². The zero-order valence-electron chi connectivity index (χ0n) is 7.09. The second-order valence-electron chi connectivity index (χ2n) is 3.41. The van der Waals surface area contributed by atoms with Gasteiger partial charge in [0.1, 0.15) is 12.2 Å². The van der Waals surface area contributed by atoms with Crippen LogP contribution < -0.4 is 0 Å². The summed E-state index contributed by atoms with van der Waals surface area (Å²) < 4.78 is 0. The minimum atomic E-state index is -1.06. The van der Waals surface area contributed by atoms with Crippen molar-refractivity contribution < 1.29 is 15.3 Å². The van der Waals surface area contributed by atoms with Gasteiger partial charge in [-0.3, -0.25) is 0 Å². The maximum absolute atomic E-state index is 9.59. The predicted molar refractivity (Wildman–Crippen MR) is 47.1 cm³/mol. The summed E-state index contributed by atoms with van der Waals surface area (Å²) in [5, 5.41) is 28.4. The van der Waals surface area contributed by atoms with Crippen LogP contribution in [-0.4, -0.2) is 27.5 Å². The number of aliphatic hydroxyl groups excluding tert-OH is 3. The summed E-state index contributed by atoms with van der Waals surface area (Å²) in [5.74, 6) is 0. The maximum atomic E-state index is 9.59. The van der Waals surface area contributed by atoms with Gasteiger partial charge in [-0.1, -0.05) is 24.3 Å². The molecule has 13 heavy (non-hydrogen) atoms. The van der Waals surface area contributed by atoms with Crippen molar-refractivity contribution in [2.24, 2.45) is 0 Å². The van der Waals surface area contributed by atoms with Crippen molar-refractivity contribution in [1.82, 2.24) is 0 Å². The van der Waals surface area contributed by atoms with Crippen molar-refractivity contribution in [3.8, 4) is 0 Å². The molecule has 3 nitrogen and oxygen atoms in total. The van der Waals surface area contributed by atoms with Crippen LogP contribution in [0.3, 0.4) is 0 Å². The van der Waals surface area contributed by atoms with Gasteiger partial charge < -0.3 is 15.3 Å². The largest absolute Gasteiger partial charge is 0.390 e. The van der Waals surface area contributed by atoms with Crippen molar-refractivity contribution in [2.45, 2.75) is 24.7 Å². The van der Waals surface area contributed by atoms with Gasteiger partial charge >= 0.3 is 0 Å². The van der Waals surface area contributed by atoms with Crippen molar-refractivity contribution in [1.29, 1.82) is 0 Å². The molecule has 2 rings (SSSR count). The molecule has 0 bridgehead atoms. The Morgan fingerprint density at radius 1 is 1.08 bits per heavy atom. The standard InChI is InChI=1S/C10H12O3/c11-8-5-6-3-1-2-4-7(6)9(12)10(8)13/h1-4,8-13H,5H2/t8-,9+,10+/m1/s1. The first-order valence-electron chi connectivity index (χ1n) is 4.32. The highest BCUT2D eigenvalue weighted by atomic mass is 16.4. The summed E-state index contributed by atoms with van der Waals surface area (Å²) in [6.45, 7) is 0. The van der Waals surface area contributed by atoms with Crippen LogP contribution in [0.25, 0.3) is 0 Å². The van der Waals surface area contributed by atoms with Crippen molar-refractivity contribution in [2.75, 3.05) is 0 Å². The normalized spacial score (nSPS) is 32.7. The van der Waals surface area contributed by atoms with Gasteiger partial charge in [0.25, 0.3) is 0 Å². The fourth-order valence-electron chi connectivity index (χ4n) is 1.75. The van der Waals surface area contributed by atoms with Gasteiger partial charge in [-0.15, -0.1) is 0 Å². The van der Waals surface area contributed by atoms with Crippen LogP contribution in [-0.2, 0) is 6.42 Å². The lowest BCUT2D eigenvalue weighted by Gasteiger charge is -2.30. The Hall–Kier alpha value is -0.900. The summed E-state index contributed by atoms with van der Waals surface area (Å²) in [6.07, 6.45) is -2.46. The van der Waals surface area contributed by atoms with Crippen molar-refractivity contribution in [3.05, 3.63) is 35.4 Å². The molecule has 1 aromatic rings. The molecule has 0 unspecified atom stereocenters. The van der Waals surface area contributed by atoms with Gasteiger partial charge in [-0.25, -0.2) is 0 Å². The molecule has 3 N–H and O–H groups in total. The van der Waals surface area contributed by atoms with Crippen LogP contribution in [0, 0.1) is 0 Å². The topological polar surface area (TPSA) is 60.7 Å². The second kappa shape index (κ2) is 3.10. The van der Waals surface area contributed by atoms with E-state index in [1.807, 2.05) is 18.2 Å². The van der Waals surface area contributed by atoms with E-state index in [0.717, 1.165) is 11.1 Å². The Morgan fingerprint density at radius 3 is 2.54 bits per heavy atom. The Bertz CT molecular complexity index is 311. The SMILES string of the molecule is O[C@H]1[C@H](O)Cc2ccccc2[C@@H]1O. The summed E-state index contributed by atoms with van der Waals surface area (Å²) in [7, 11) is 0. The molecule has 0 aliphatic heterocycles. The van der Waals surface area contributed by atoms with E-state index >= 15 is 0 Å². The van der Waals surface area contributed by atoms with Gasteiger partial charge in [0.05, 0.1) is 6.10 Å². The van der Waals surface area contributed by atoms with Gasteiger partial charge in [0, 0.05) is 6.42 Å². The van der Waals surface area contributed by atoms with Gasteiger partial charge in [-0.05, 0) is 11.1 Å². The number of rotatable bonds is 0. The lowest BCUT2D eigenvalue weighted by Crippen LogP contribution is -2.38. The number of aliphatic hydroxyl groups is 3. The van der Waals surface area contributed by atoms with E-state index in [9.17, 15) is 15.3 Å². The highest BCUT2D eigenvalue weighted by molar-refractivity contribution is 5.33. The zero-order valence-corrected chi connectivity index (χ0v) is 7.09. The van der Waals surface area contributed by atoms with Crippen molar-refractivity contribution in [3.63, 3.8) is 0 Å². The lowest BCUT2D eigenvalue weighted by molar-refractivity contribution is -0.0685. The third kappa shape index (κ3) is 1.35. The first kappa shape index (κ1) is 8.69. The Balaban J connectivity index is 2.43. The number of hydrogen-bond donors (Lipinski definition) is 3. The molecule has 0 saturated carbocycles. The molecule has 0 fully saturated rings. The van der Waals surface area contributed by atoms with Gasteiger partial charge in [-0.2, -0.15) is 0 Å². The first-order chi connectivity index (χ1) is 6.20. The van der Waals surface area contributed by atoms with Crippen LogP contribution in [0.5, 0.6) is 0 Å². The highest BCUT2D eigenvalue weighted by Gasteiger charge is 2.32. The molecule has 3 heteroatoms. The van der Waals surface area contributed by atoms with Crippen LogP contribution in [0.15, 0.2) is 24.3 Å². The third-order valence-electron chi connectivity index (χ3n) is 2.52. The van der Waals surface area contributed by atoms with Crippen LogP contribution >= 0.6 is 0 Å². The van der Waals surface area contributed by atoms with Crippen LogP contribution in [0.1, 0.15) is 17.2 Å². The Kier molecular flexibility index (Phi) is 2.07. The van der Waals surface area contributed by atoms with Gasteiger partial charge in [0.2, 0.25) is 0 Å². The molecular weight excluding hydrogens is 168 g/mol. The number of fused-ring (bicyclic) bond motifs is 1. The average Bonchev–Trinajstić information content (AvgIpc) is 2.15. The summed E-state index contributed by atoms with van der Waals surface area (Å²) in [4.78, 5) is 0. The van der Waals surface area contributed by atoms with E-state index in [4.69, 9.17) is 0 Å². The van der Waals surface area contributed by atoms with Crippen LogP contribution in [0.4, 0.5) is 0 Å². The summed E-state index contributed by atoms with van der Waals surface area (Å²) in [6, 6.07) is 7.30. The van der Waals surface area contributed by atoms with E-state index in [2.05, 4.69) is 0 Å². The lowest BCUT2D eigenvalue weighted by atomic mass is 9.86. The summed E-state index contributed by atoms with van der Waals surface area (Å²) in [5.41, 5.74) is 1.63. The zero-order chi connectivity index (χ0) is 9.42. The molecule has 0 saturated heterocycles. The Labute approximate surface area is 76.3 Å². The van der Waals surface area contributed by atoms with E-state index in [-0.39, 0.29) is 0 Å². The molecule has 0 heterocycles. The molecule has 0 radical (unpaired) electrons. The van der Waals surface area contributed by atoms with E-state index in [1.54, 1.807) is 6.07 Å². The van der Waals surface area contributed by atoms with Crippen molar-refractivity contribution >= 4 is 0 Å². The van der Waals surface area contributed by atoms with E-state index in [0.29, 0.717) is 6.42 Å². The quantitative estimate of drug-likeness (QED) is 0.526. The molecule has 1 aliphatic rings. The minimum absolute atomic E-state index is 0.411. The Morgan fingerprint density at radius 2 is 1.77 bits per heavy atom. The third-order valence-corrected chi connectivity index (χ3v) is 2.52. The first-order valence-corrected chi connectivity index (χ1v) is 4.32. The smallest absolute Gasteiger partial charge is 0.110 e. The van der Waals surface area contributed by atoms with Crippen LogP contribution in [0.2, 0.25) is 0 Å². The summed E-state index contributed by atoms with van der Waals surface area (Å²) >= 11 is 0. The highest BCUT2D eigenvalue weighted by Crippen LogP contribution is 2.29. The number of benzene rings is 1. The fraction of sp³-hybridized carbons (Fsp3) is 0.400. The fourth-order valence-corrected chi connectivity index (χ4v) is 1.75. The molecule has 3 atom stereocenters. The molecule has 1 aromatic carbocycles. The molecular formula is C10H12O3. The second-order valence-corrected chi connectivity index (χ2v) is 3.41. The average molecular weight is 180 g/mol. The van der Waals surface area contributed by atoms with E-state index in [1.165, 1.54) is 0 Å². The molecule has 1 aliphatic carbocycles. The van der Waals surface area contributed by atoms with E-state index < -0.39 is 18.3 Å². The molecule has 0 aromatic heterocycles. The maximum Gasteiger partial charge on any atom is 0.110 e.